The van der Waals surface area contributed by atoms with Crippen molar-refractivity contribution in [1.82, 2.24) is 5.32 Å². The number of hydrogen-bond donors (Lipinski definition) is 1. The van der Waals surface area contributed by atoms with Gasteiger partial charge in [0, 0.05) is 31.4 Å². The lowest BCUT2D eigenvalue weighted by Crippen LogP contribution is -2.29. The number of nitrogens with zero attached hydrogens (tertiary/aromatic N) is 1. The largest absolute Gasteiger partial charge is 0.370 e. The van der Waals surface area contributed by atoms with E-state index in [-0.39, 0.29) is 0 Å². The average Bonchev–Trinajstić information content (AvgIpc) is 2.72. The molecule has 0 radical (unpaired) electrons. The summed E-state index contributed by atoms with van der Waals surface area (Å²) < 4.78 is 0. The molecule has 0 saturated carbocycles. The van der Waals surface area contributed by atoms with E-state index < -0.39 is 0 Å². The first-order valence-electron chi connectivity index (χ1n) is 7.34. The molecular weight excluding hydrogens is 232 g/mol. The summed E-state index contributed by atoms with van der Waals surface area (Å²) in [7, 11) is 0. The predicted octanol–water partition coefficient (Wildman–Crippen LogP) is 3.42. The second kappa shape index (κ2) is 5.62. The Morgan fingerprint density at radius 2 is 1.95 bits per heavy atom. The summed E-state index contributed by atoms with van der Waals surface area (Å²) in [5.41, 5.74) is 1.36. The normalized spacial score (nSPS) is 20.5. The monoisotopic (exact) mass is 254 g/mol. The number of fused-ring (bicyclic) bond motifs is 1. The third-order valence-corrected chi connectivity index (χ3v) is 4.15. The Balaban J connectivity index is 1.83. The first kappa shape index (κ1) is 12.5. The molecule has 1 unspecified atom stereocenters. The number of rotatable bonds is 2. The van der Waals surface area contributed by atoms with Crippen molar-refractivity contribution in [1.29, 1.82) is 0 Å². The highest BCUT2D eigenvalue weighted by atomic mass is 15.2. The van der Waals surface area contributed by atoms with Crippen molar-refractivity contribution in [3.63, 3.8) is 0 Å². The first-order chi connectivity index (χ1) is 9.36. The molecule has 0 spiro atoms. The molecule has 0 aliphatic carbocycles. The van der Waals surface area contributed by atoms with Crippen LogP contribution in [-0.2, 0) is 0 Å². The van der Waals surface area contributed by atoms with Crippen LogP contribution in [-0.4, -0.2) is 25.7 Å². The van der Waals surface area contributed by atoms with Crippen molar-refractivity contribution in [2.45, 2.75) is 25.8 Å². The van der Waals surface area contributed by atoms with Gasteiger partial charge in [-0.05, 0) is 35.7 Å². The third kappa shape index (κ3) is 2.74. The maximum atomic E-state index is 3.63. The van der Waals surface area contributed by atoms with Gasteiger partial charge in [0.25, 0.3) is 0 Å². The van der Waals surface area contributed by atoms with Crippen LogP contribution in [0.15, 0.2) is 42.5 Å². The highest BCUT2D eigenvalue weighted by Crippen LogP contribution is 2.23. The standard InChI is InChI=1S/C17H22N2/c1-2-16-9-11-19(12-10-18-16)17-8-7-14-5-3-4-6-15(14)13-17/h3-8,13,16,18H,2,9-12H2,1H3. The molecule has 0 bridgehead atoms. The zero-order chi connectivity index (χ0) is 13.1. The molecule has 1 aliphatic rings. The van der Waals surface area contributed by atoms with Crippen molar-refractivity contribution < 1.29 is 0 Å². The fraction of sp³-hybridized carbons (Fsp3) is 0.412. The van der Waals surface area contributed by atoms with E-state index in [9.17, 15) is 0 Å². The summed E-state index contributed by atoms with van der Waals surface area (Å²) in [6, 6.07) is 16.1. The fourth-order valence-electron chi connectivity index (χ4n) is 2.91. The van der Waals surface area contributed by atoms with Crippen molar-refractivity contribution in [3.05, 3.63) is 42.5 Å². The topological polar surface area (TPSA) is 15.3 Å². The molecule has 2 heteroatoms. The minimum atomic E-state index is 0.686. The Morgan fingerprint density at radius 1 is 1.11 bits per heavy atom. The summed E-state index contributed by atoms with van der Waals surface area (Å²) in [6.07, 6.45) is 2.47. The van der Waals surface area contributed by atoms with Gasteiger partial charge in [-0.3, -0.25) is 0 Å². The van der Waals surface area contributed by atoms with E-state index in [1.54, 1.807) is 0 Å². The Hall–Kier alpha value is -1.54. The lowest BCUT2D eigenvalue weighted by atomic mass is 10.1. The Labute approximate surface area is 115 Å². The predicted molar refractivity (Wildman–Crippen MR) is 82.9 cm³/mol. The van der Waals surface area contributed by atoms with Crippen LogP contribution < -0.4 is 10.2 Å². The van der Waals surface area contributed by atoms with Gasteiger partial charge in [-0.15, -0.1) is 0 Å². The van der Waals surface area contributed by atoms with E-state index in [2.05, 4.69) is 59.6 Å². The zero-order valence-corrected chi connectivity index (χ0v) is 11.6. The van der Waals surface area contributed by atoms with Crippen molar-refractivity contribution in [3.8, 4) is 0 Å². The van der Waals surface area contributed by atoms with E-state index in [0.717, 1.165) is 19.6 Å². The molecule has 1 aliphatic heterocycles. The lowest BCUT2D eigenvalue weighted by molar-refractivity contribution is 0.510. The molecule has 2 nitrogen and oxygen atoms in total. The molecule has 1 N–H and O–H groups in total. The van der Waals surface area contributed by atoms with E-state index in [1.807, 2.05) is 0 Å². The highest BCUT2D eigenvalue weighted by molar-refractivity contribution is 5.85. The molecule has 0 aromatic heterocycles. The summed E-state index contributed by atoms with van der Waals surface area (Å²) in [4.78, 5) is 2.51. The van der Waals surface area contributed by atoms with Crippen molar-refractivity contribution in [2.24, 2.45) is 0 Å². The zero-order valence-electron chi connectivity index (χ0n) is 11.6. The van der Waals surface area contributed by atoms with Crippen LogP contribution in [0.4, 0.5) is 5.69 Å². The molecule has 100 valence electrons. The number of nitrogens with one attached hydrogen (secondary N) is 1. The van der Waals surface area contributed by atoms with Crippen molar-refractivity contribution in [2.75, 3.05) is 24.5 Å². The van der Waals surface area contributed by atoms with Gasteiger partial charge in [0.15, 0.2) is 0 Å². The van der Waals surface area contributed by atoms with E-state index >= 15 is 0 Å². The van der Waals surface area contributed by atoms with E-state index in [1.165, 1.54) is 29.3 Å². The molecule has 1 saturated heterocycles. The summed E-state index contributed by atoms with van der Waals surface area (Å²) in [6.45, 7) is 5.62. The molecule has 2 aromatic carbocycles. The van der Waals surface area contributed by atoms with Gasteiger partial charge in [-0.2, -0.15) is 0 Å². The minimum Gasteiger partial charge on any atom is -0.370 e. The number of hydrogen-bond acceptors (Lipinski definition) is 2. The first-order valence-corrected chi connectivity index (χ1v) is 7.34. The van der Waals surface area contributed by atoms with Crippen LogP contribution in [0, 0.1) is 0 Å². The summed E-state index contributed by atoms with van der Waals surface area (Å²) >= 11 is 0. The van der Waals surface area contributed by atoms with Crippen molar-refractivity contribution >= 4 is 16.5 Å². The molecule has 3 rings (SSSR count). The van der Waals surface area contributed by atoms with Gasteiger partial charge in [-0.25, -0.2) is 0 Å². The molecule has 0 amide bonds. The molecule has 1 atom stereocenters. The van der Waals surface area contributed by atoms with Gasteiger partial charge in [0.2, 0.25) is 0 Å². The van der Waals surface area contributed by atoms with Crippen LogP contribution in [0.25, 0.3) is 10.8 Å². The third-order valence-electron chi connectivity index (χ3n) is 4.15. The maximum absolute atomic E-state index is 3.63. The second-order valence-electron chi connectivity index (χ2n) is 5.37. The number of benzene rings is 2. The smallest absolute Gasteiger partial charge is 0.0373 e. The summed E-state index contributed by atoms with van der Waals surface area (Å²) in [5.74, 6) is 0. The molecule has 1 fully saturated rings. The Kier molecular flexibility index (Phi) is 3.69. The van der Waals surface area contributed by atoms with Gasteiger partial charge in [0.05, 0.1) is 0 Å². The quantitative estimate of drug-likeness (QED) is 0.883. The lowest BCUT2D eigenvalue weighted by Gasteiger charge is -2.23. The highest BCUT2D eigenvalue weighted by Gasteiger charge is 2.15. The van der Waals surface area contributed by atoms with Crippen LogP contribution >= 0.6 is 0 Å². The van der Waals surface area contributed by atoms with Crippen LogP contribution in [0.2, 0.25) is 0 Å². The molecule has 19 heavy (non-hydrogen) atoms. The van der Waals surface area contributed by atoms with Crippen LogP contribution in [0.5, 0.6) is 0 Å². The second-order valence-corrected chi connectivity index (χ2v) is 5.37. The maximum Gasteiger partial charge on any atom is 0.0373 e. The minimum absolute atomic E-state index is 0.686. The summed E-state index contributed by atoms with van der Waals surface area (Å²) in [5, 5.41) is 6.29. The van der Waals surface area contributed by atoms with Gasteiger partial charge in [-0.1, -0.05) is 37.3 Å². The van der Waals surface area contributed by atoms with E-state index in [4.69, 9.17) is 0 Å². The average molecular weight is 254 g/mol. The number of anilines is 1. The van der Waals surface area contributed by atoms with Crippen LogP contribution in [0.1, 0.15) is 19.8 Å². The Bertz CT molecular complexity index is 550. The SMILES string of the molecule is CCC1CCN(c2ccc3ccccc3c2)CCN1. The van der Waals surface area contributed by atoms with Gasteiger partial charge >= 0.3 is 0 Å². The fourth-order valence-corrected chi connectivity index (χ4v) is 2.91. The van der Waals surface area contributed by atoms with Gasteiger partial charge in [0.1, 0.15) is 0 Å². The van der Waals surface area contributed by atoms with E-state index in [0.29, 0.717) is 6.04 Å². The molecular formula is C17H22N2. The molecule has 2 aromatic rings. The molecule has 1 heterocycles. The van der Waals surface area contributed by atoms with Crippen LogP contribution in [0.3, 0.4) is 0 Å². The van der Waals surface area contributed by atoms with Gasteiger partial charge < -0.3 is 10.2 Å². The Morgan fingerprint density at radius 3 is 2.79 bits per heavy atom.